The molecule has 2 aromatic rings. The Bertz CT molecular complexity index is 598. The maximum Gasteiger partial charge on any atom is 0.236 e. The summed E-state index contributed by atoms with van der Waals surface area (Å²) in [6, 6.07) is 0. The monoisotopic (exact) mass is 310 g/mol. The van der Waals surface area contributed by atoms with Crippen LogP contribution in [0.25, 0.3) is 0 Å². The first kappa shape index (κ1) is 15.1. The van der Waals surface area contributed by atoms with E-state index < -0.39 is 0 Å². The lowest BCUT2D eigenvalue weighted by molar-refractivity contribution is -0.113. The summed E-state index contributed by atoms with van der Waals surface area (Å²) >= 11 is 2.87. The van der Waals surface area contributed by atoms with E-state index in [9.17, 15) is 4.79 Å². The molecule has 0 bridgehead atoms. The van der Waals surface area contributed by atoms with Gasteiger partial charge in [0.15, 0.2) is 10.3 Å². The number of rotatable bonds is 4. The van der Waals surface area contributed by atoms with Crippen LogP contribution >= 0.6 is 23.1 Å². The Kier molecular flexibility index (Phi) is 4.49. The predicted octanol–water partition coefficient (Wildman–Crippen LogP) is 2.90. The number of nitrogens with zero attached hydrogens (tertiary/aromatic N) is 3. The van der Waals surface area contributed by atoms with Crippen LogP contribution in [0.3, 0.4) is 0 Å². The van der Waals surface area contributed by atoms with Crippen LogP contribution in [0.4, 0.5) is 5.13 Å². The molecule has 7 heteroatoms. The largest absolute Gasteiger partial charge is 0.329 e. The average Bonchev–Trinajstić information content (AvgIpc) is 2.95. The van der Waals surface area contributed by atoms with E-state index in [1.165, 1.54) is 23.1 Å². The number of nitrogens with one attached hydrogen (secondary N) is 1. The lowest BCUT2D eigenvalue weighted by Crippen LogP contribution is -2.15. The predicted molar refractivity (Wildman–Crippen MR) is 83.4 cm³/mol. The molecule has 1 amide bonds. The Labute approximate surface area is 126 Å². The lowest BCUT2D eigenvalue weighted by atomic mass is 9.93. The summed E-state index contributed by atoms with van der Waals surface area (Å²) in [6.07, 6.45) is 3.58. The van der Waals surface area contributed by atoms with Gasteiger partial charge in [-0.15, -0.1) is 11.3 Å². The summed E-state index contributed by atoms with van der Waals surface area (Å²) in [7, 11) is 1.91. The van der Waals surface area contributed by atoms with Gasteiger partial charge >= 0.3 is 0 Å². The molecule has 20 heavy (non-hydrogen) atoms. The number of carbonyl (C=O) groups excluding carboxylic acids is 1. The highest BCUT2D eigenvalue weighted by atomic mass is 32.2. The Morgan fingerprint density at radius 2 is 2.25 bits per heavy atom. The van der Waals surface area contributed by atoms with Gasteiger partial charge in [0.05, 0.1) is 11.4 Å². The van der Waals surface area contributed by atoms with Crippen LogP contribution in [0.5, 0.6) is 0 Å². The molecule has 0 saturated heterocycles. The molecule has 0 spiro atoms. The third kappa shape index (κ3) is 3.83. The summed E-state index contributed by atoms with van der Waals surface area (Å²) < 4.78 is 1.89. The van der Waals surface area contributed by atoms with Crippen LogP contribution in [0.1, 0.15) is 26.5 Å². The fourth-order valence-electron chi connectivity index (χ4n) is 1.45. The molecule has 2 aromatic heterocycles. The molecule has 0 unspecified atom stereocenters. The minimum atomic E-state index is -0.0622. The van der Waals surface area contributed by atoms with Crippen LogP contribution in [-0.4, -0.2) is 26.2 Å². The number of thioether (sulfide) groups is 1. The fourth-order valence-corrected chi connectivity index (χ4v) is 3.14. The van der Waals surface area contributed by atoms with Crippen LogP contribution in [-0.2, 0) is 17.3 Å². The zero-order valence-corrected chi connectivity index (χ0v) is 13.6. The molecular weight excluding hydrogens is 292 g/mol. The number of imidazole rings is 1. The van der Waals surface area contributed by atoms with Gasteiger partial charge in [0.1, 0.15) is 0 Å². The number of hydrogen-bond acceptors (Lipinski definition) is 5. The molecule has 5 nitrogen and oxygen atoms in total. The van der Waals surface area contributed by atoms with E-state index in [2.05, 4.69) is 36.1 Å². The second kappa shape index (κ2) is 5.97. The van der Waals surface area contributed by atoms with E-state index in [1.54, 1.807) is 6.20 Å². The maximum absolute atomic E-state index is 11.9. The summed E-state index contributed by atoms with van der Waals surface area (Å²) in [5.74, 6) is 0.266. The molecule has 2 heterocycles. The zero-order chi connectivity index (χ0) is 14.8. The van der Waals surface area contributed by atoms with Crippen molar-refractivity contribution in [3.05, 3.63) is 23.5 Å². The normalized spacial score (nSPS) is 11.6. The molecule has 0 aliphatic heterocycles. The topological polar surface area (TPSA) is 59.8 Å². The van der Waals surface area contributed by atoms with E-state index in [0.29, 0.717) is 10.9 Å². The van der Waals surface area contributed by atoms with Crippen LogP contribution in [0.15, 0.2) is 22.9 Å². The van der Waals surface area contributed by atoms with Crippen molar-refractivity contribution in [2.24, 2.45) is 7.05 Å². The van der Waals surface area contributed by atoms with Gasteiger partial charge in [-0.2, -0.15) is 0 Å². The maximum atomic E-state index is 11.9. The highest BCUT2D eigenvalue weighted by molar-refractivity contribution is 7.99. The number of anilines is 1. The Balaban J connectivity index is 1.89. The summed E-state index contributed by atoms with van der Waals surface area (Å²) in [6.45, 7) is 6.31. The van der Waals surface area contributed by atoms with Gasteiger partial charge in [-0.25, -0.2) is 9.97 Å². The minimum Gasteiger partial charge on any atom is -0.329 e. The Morgan fingerprint density at radius 3 is 2.80 bits per heavy atom. The smallest absolute Gasteiger partial charge is 0.236 e. The average molecular weight is 310 g/mol. The fraction of sp³-hybridized carbons (Fsp3) is 0.462. The molecule has 0 aromatic carbocycles. The minimum absolute atomic E-state index is 0.00118. The summed E-state index contributed by atoms with van der Waals surface area (Å²) in [4.78, 5) is 20.5. The molecule has 0 atom stereocenters. The van der Waals surface area contributed by atoms with Gasteiger partial charge in [-0.05, 0) is 0 Å². The SMILES string of the molecule is Cn1ccnc1SCC(=O)Nc1nc(C(C)(C)C)cs1. The zero-order valence-electron chi connectivity index (χ0n) is 12.0. The van der Waals surface area contributed by atoms with Crippen molar-refractivity contribution < 1.29 is 4.79 Å². The number of carbonyl (C=O) groups is 1. The quantitative estimate of drug-likeness (QED) is 0.882. The summed E-state index contributed by atoms with van der Waals surface area (Å²) in [5, 5.41) is 6.30. The molecule has 0 aliphatic carbocycles. The van der Waals surface area contributed by atoms with Gasteiger partial charge < -0.3 is 9.88 Å². The van der Waals surface area contributed by atoms with Crippen molar-refractivity contribution in [3.63, 3.8) is 0 Å². The first-order valence-electron chi connectivity index (χ1n) is 6.22. The number of hydrogen-bond donors (Lipinski definition) is 1. The van der Waals surface area contributed by atoms with E-state index >= 15 is 0 Å². The second-order valence-electron chi connectivity index (χ2n) is 5.45. The molecule has 0 fully saturated rings. The summed E-state index contributed by atoms with van der Waals surface area (Å²) in [5.41, 5.74) is 0.996. The van der Waals surface area contributed by atoms with Gasteiger partial charge in [0.25, 0.3) is 0 Å². The first-order chi connectivity index (χ1) is 9.36. The molecule has 0 aliphatic rings. The van der Waals surface area contributed by atoms with Crippen molar-refractivity contribution in [3.8, 4) is 0 Å². The van der Waals surface area contributed by atoms with Crippen molar-refractivity contribution in [1.29, 1.82) is 0 Å². The van der Waals surface area contributed by atoms with Crippen LogP contribution < -0.4 is 5.32 Å². The number of thiazole rings is 1. The third-order valence-corrected chi connectivity index (χ3v) is 4.44. The van der Waals surface area contributed by atoms with Crippen LogP contribution in [0, 0.1) is 0 Å². The molecular formula is C13H18N4OS2. The van der Waals surface area contributed by atoms with E-state index in [0.717, 1.165) is 10.9 Å². The third-order valence-electron chi connectivity index (χ3n) is 2.63. The van der Waals surface area contributed by atoms with Gasteiger partial charge in [-0.3, -0.25) is 4.79 Å². The lowest BCUT2D eigenvalue weighted by Gasteiger charge is -2.14. The van der Waals surface area contributed by atoms with Crippen molar-refractivity contribution in [2.45, 2.75) is 31.3 Å². The van der Waals surface area contributed by atoms with Crippen molar-refractivity contribution in [2.75, 3.05) is 11.1 Å². The highest BCUT2D eigenvalue weighted by Gasteiger charge is 2.18. The van der Waals surface area contributed by atoms with Crippen LogP contribution in [0.2, 0.25) is 0 Å². The van der Waals surface area contributed by atoms with Crippen molar-refractivity contribution >= 4 is 34.1 Å². The van der Waals surface area contributed by atoms with Gasteiger partial charge in [0, 0.05) is 30.2 Å². The number of aryl methyl sites for hydroxylation is 1. The van der Waals surface area contributed by atoms with Crippen molar-refractivity contribution in [1.82, 2.24) is 14.5 Å². The van der Waals surface area contributed by atoms with E-state index in [1.807, 2.05) is 23.2 Å². The number of amides is 1. The molecule has 2 rings (SSSR count). The van der Waals surface area contributed by atoms with Gasteiger partial charge in [0.2, 0.25) is 5.91 Å². The second-order valence-corrected chi connectivity index (χ2v) is 7.25. The first-order valence-corrected chi connectivity index (χ1v) is 8.09. The standard InChI is InChI=1S/C13H18N4OS2/c1-13(2,3)9-7-19-11(15-9)16-10(18)8-20-12-14-5-6-17(12)4/h5-7H,8H2,1-4H3,(H,15,16,18). The van der Waals surface area contributed by atoms with Gasteiger partial charge in [-0.1, -0.05) is 32.5 Å². The molecule has 0 radical (unpaired) electrons. The Hall–Kier alpha value is -1.34. The highest BCUT2D eigenvalue weighted by Crippen LogP contribution is 2.26. The molecule has 108 valence electrons. The Morgan fingerprint density at radius 1 is 1.50 bits per heavy atom. The molecule has 1 N–H and O–H groups in total. The number of aromatic nitrogens is 3. The molecule has 0 saturated carbocycles. The van der Waals surface area contributed by atoms with E-state index in [4.69, 9.17) is 0 Å². The van der Waals surface area contributed by atoms with E-state index in [-0.39, 0.29) is 11.3 Å².